The highest BCUT2D eigenvalue weighted by molar-refractivity contribution is 9.10. The number of likely N-dealkylation sites (tertiary alicyclic amines) is 1. The fourth-order valence-corrected chi connectivity index (χ4v) is 3.57. The summed E-state index contributed by atoms with van der Waals surface area (Å²) < 4.78 is 14.7. The predicted molar refractivity (Wildman–Crippen MR) is 101 cm³/mol. The highest BCUT2D eigenvalue weighted by atomic mass is 79.9. The van der Waals surface area contributed by atoms with Crippen molar-refractivity contribution in [3.63, 3.8) is 0 Å². The lowest BCUT2D eigenvalue weighted by Crippen LogP contribution is -2.45. The molecule has 136 valence electrons. The van der Waals surface area contributed by atoms with Crippen molar-refractivity contribution in [3.05, 3.63) is 69.9 Å². The van der Waals surface area contributed by atoms with Crippen molar-refractivity contribution < 1.29 is 14.0 Å². The van der Waals surface area contributed by atoms with Crippen molar-refractivity contribution in [2.75, 3.05) is 6.54 Å². The van der Waals surface area contributed by atoms with E-state index in [0.717, 1.165) is 22.9 Å². The maximum atomic E-state index is 13.9. The van der Waals surface area contributed by atoms with E-state index in [4.69, 9.17) is 0 Å². The average molecular weight is 419 g/mol. The molecule has 1 aliphatic heterocycles. The van der Waals surface area contributed by atoms with E-state index in [1.54, 1.807) is 17.0 Å². The van der Waals surface area contributed by atoms with E-state index < -0.39 is 6.04 Å². The largest absolute Gasteiger partial charge is 0.350 e. The van der Waals surface area contributed by atoms with Crippen LogP contribution in [0.15, 0.2) is 53.0 Å². The highest BCUT2D eigenvalue weighted by Gasteiger charge is 2.32. The molecule has 1 atom stereocenters. The Kier molecular flexibility index (Phi) is 6.04. The summed E-state index contributed by atoms with van der Waals surface area (Å²) in [4.78, 5) is 26.9. The quantitative estimate of drug-likeness (QED) is 0.798. The van der Waals surface area contributed by atoms with Crippen LogP contribution in [0.3, 0.4) is 0 Å². The summed E-state index contributed by atoms with van der Waals surface area (Å²) in [5.41, 5.74) is 1.15. The molecule has 1 unspecified atom stereocenters. The van der Waals surface area contributed by atoms with Crippen molar-refractivity contribution in [1.29, 1.82) is 0 Å². The van der Waals surface area contributed by atoms with Crippen LogP contribution in [0.1, 0.15) is 36.4 Å². The molecule has 6 heteroatoms. The Balaban J connectivity index is 1.81. The zero-order valence-corrected chi connectivity index (χ0v) is 15.8. The van der Waals surface area contributed by atoms with Gasteiger partial charge in [-0.25, -0.2) is 4.39 Å². The van der Waals surface area contributed by atoms with Gasteiger partial charge in [0.05, 0.1) is 0 Å². The van der Waals surface area contributed by atoms with Crippen LogP contribution >= 0.6 is 15.9 Å². The number of nitrogens with zero attached hydrogens (tertiary/aromatic N) is 1. The van der Waals surface area contributed by atoms with Gasteiger partial charge in [0.2, 0.25) is 11.8 Å². The molecule has 2 amide bonds. The standard InChI is InChI=1S/C20H20BrFN2O2/c21-16-9-10-17(22)15(12-16)13-23-20(26)19(14-6-2-1-3-7-14)24-11-5-4-8-18(24)25/h1-3,6-7,9-10,12,19H,4-5,8,11,13H2,(H,23,26). The molecule has 1 saturated heterocycles. The fraction of sp³-hybridized carbons (Fsp3) is 0.300. The van der Waals surface area contributed by atoms with Crippen molar-refractivity contribution in [3.8, 4) is 0 Å². The summed E-state index contributed by atoms with van der Waals surface area (Å²) in [6, 6.07) is 13.1. The minimum atomic E-state index is -0.695. The van der Waals surface area contributed by atoms with Crippen LogP contribution in [0.4, 0.5) is 4.39 Å². The van der Waals surface area contributed by atoms with Gasteiger partial charge in [0.1, 0.15) is 11.9 Å². The molecule has 0 aliphatic carbocycles. The van der Waals surface area contributed by atoms with E-state index in [9.17, 15) is 14.0 Å². The second-order valence-corrected chi connectivity index (χ2v) is 7.23. The van der Waals surface area contributed by atoms with Crippen molar-refractivity contribution in [2.45, 2.75) is 31.8 Å². The predicted octanol–water partition coefficient (Wildman–Crippen LogP) is 3.96. The van der Waals surface area contributed by atoms with Crippen molar-refractivity contribution in [2.24, 2.45) is 0 Å². The second-order valence-electron chi connectivity index (χ2n) is 6.31. The van der Waals surface area contributed by atoms with E-state index in [2.05, 4.69) is 21.2 Å². The van der Waals surface area contributed by atoms with E-state index in [-0.39, 0.29) is 24.2 Å². The Morgan fingerprint density at radius 3 is 2.69 bits per heavy atom. The third-order valence-electron chi connectivity index (χ3n) is 4.50. The molecule has 0 aromatic heterocycles. The Hall–Kier alpha value is -2.21. The molecule has 2 aromatic rings. The first kappa shape index (κ1) is 18.6. The number of benzene rings is 2. The number of carbonyl (C=O) groups excluding carboxylic acids is 2. The number of amides is 2. The Labute approximate surface area is 160 Å². The first-order valence-electron chi connectivity index (χ1n) is 8.62. The summed E-state index contributed by atoms with van der Waals surface area (Å²) in [5.74, 6) is -0.696. The molecule has 0 saturated carbocycles. The van der Waals surface area contributed by atoms with Crippen LogP contribution in [0.2, 0.25) is 0 Å². The molecule has 0 bridgehead atoms. The molecule has 2 aromatic carbocycles. The number of hydrogen-bond donors (Lipinski definition) is 1. The molecule has 4 nitrogen and oxygen atoms in total. The number of nitrogens with one attached hydrogen (secondary N) is 1. The van der Waals surface area contributed by atoms with Crippen molar-refractivity contribution in [1.82, 2.24) is 10.2 Å². The van der Waals surface area contributed by atoms with Gasteiger partial charge in [-0.05, 0) is 36.6 Å². The van der Waals surface area contributed by atoms with Crippen LogP contribution in [0.5, 0.6) is 0 Å². The van der Waals surface area contributed by atoms with E-state index in [0.29, 0.717) is 18.5 Å². The summed E-state index contributed by atoms with van der Waals surface area (Å²) in [6.07, 6.45) is 2.18. The zero-order chi connectivity index (χ0) is 18.5. The molecular formula is C20H20BrFN2O2. The molecule has 1 aliphatic rings. The number of piperidine rings is 1. The van der Waals surface area contributed by atoms with Crippen LogP contribution in [-0.2, 0) is 16.1 Å². The molecule has 26 heavy (non-hydrogen) atoms. The number of hydrogen-bond acceptors (Lipinski definition) is 2. The first-order valence-corrected chi connectivity index (χ1v) is 9.41. The van der Waals surface area contributed by atoms with Crippen LogP contribution < -0.4 is 5.32 Å². The molecule has 0 radical (unpaired) electrons. The third-order valence-corrected chi connectivity index (χ3v) is 4.99. The normalized spacial score (nSPS) is 15.6. The van der Waals surface area contributed by atoms with Gasteiger partial charge in [0.25, 0.3) is 0 Å². The molecule has 0 spiro atoms. The Morgan fingerprint density at radius 1 is 1.19 bits per heavy atom. The highest BCUT2D eigenvalue weighted by Crippen LogP contribution is 2.26. The smallest absolute Gasteiger partial charge is 0.247 e. The molecule has 1 fully saturated rings. The van der Waals surface area contributed by atoms with Crippen molar-refractivity contribution >= 4 is 27.7 Å². The summed E-state index contributed by atoms with van der Waals surface area (Å²) >= 11 is 3.31. The first-order chi connectivity index (χ1) is 12.6. The molecule has 1 N–H and O–H groups in total. The number of carbonyl (C=O) groups is 2. The van der Waals surface area contributed by atoms with Gasteiger partial charge < -0.3 is 10.2 Å². The van der Waals surface area contributed by atoms with E-state index in [1.165, 1.54) is 6.07 Å². The minimum absolute atomic E-state index is 0.0195. The van der Waals surface area contributed by atoms with Gasteiger partial charge in [-0.3, -0.25) is 9.59 Å². The maximum absolute atomic E-state index is 13.9. The third kappa shape index (κ3) is 4.30. The van der Waals surface area contributed by atoms with Gasteiger partial charge in [-0.2, -0.15) is 0 Å². The van der Waals surface area contributed by atoms with Crippen LogP contribution in [-0.4, -0.2) is 23.3 Å². The minimum Gasteiger partial charge on any atom is -0.350 e. The summed E-state index contributed by atoms with van der Waals surface area (Å²) in [5, 5.41) is 2.79. The second kappa shape index (κ2) is 8.45. The van der Waals surface area contributed by atoms with Gasteiger partial charge in [-0.15, -0.1) is 0 Å². The van der Waals surface area contributed by atoms with E-state index >= 15 is 0 Å². The lowest BCUT2D eigenvalue weighted by molar-refractivity contribution is -0.142. The maximum Gasteiger partial charge on any atom is 0.247 e. The lowest BCUT2D eigenvalue weighted by Gasteiger charge is -2.34. The topological polar surface area (TPSA) is 49.4 Å². The Bertz CT molecular complexity index is 798. The lowest BCUT2D eigenvalue weighted by atomic mass is 10.0. The van der Waals surface area contributed by atoms with Gasteiger partial charge in [-0.1, -0.05) is 46.3 Å². The molecular weight excluding hydrogens is 399 g/mol. The average Bonchev–Trinajstić information content (AvgIpc) is 2.65. The van der Waals surface area contributed by atoms with Crippen LogP contribution in [0, 0.1) is 5.82 Å². The molecule has 3 rings (SSSR count). The number of halogens is 2. The van der Waals surface area contributed by atoms with E-state index in [1.807, 2.05) is 30.3 Å². The molecule has 1 heterocycles. The SMILES string of the molecule is O=C(NCc1cc(Br)ccc1F)C(c1ccccc1)N1CCCCC1=O. The van der Waals surface area contributed by atoms with Crippen LogP contribution in [0.25, 0.3) is 0 Å². The monoisotopic (exact) mass is 418 g/mol. The van der Waals surface area contributed by atoms with Gasteiger partial charge in [0.15, 0.2) is 0 Å². The Morgan fingerprint density at radius 2 is 1.96 bits per heavy atom. The summed E-state index contributed by atoms with van der Waals surface area (Å²) in [7, 11) is 0. The summed E-state index contributed by atoms with van der Waals surface area (Å²) in [6.45, 7) is 0.618. The number of rotatable bonds is 5. The fourth-order valence-electron chi connectivity index (χ4n) is 3.17. The zero-order valence-electron chi connectivity index (χ0n) is 14.3. The van der Waals surface area contributed by atoms with Gasteiger partial charge >= 0.3 is 0 Å². The van der Waals surface area contributed by atoms with Gasteiger partial charge in [0, 0.05) is 29.5 Å².